The molecular weight excluding hydrogens is 496 g/mol. The Morgan fingerprint density at radius 3 is 1.84 bits per heavy atom. The molecule has 0 aromatic carbocycles. The zero-order valence-corrected chi connectivity index (χ0v) is 23.1. The first-order chi connectivity index (χ1) is 17.5. The first kappa shape index (κ1) is 28.3. The average molecular weight is 535 g/mol. The summed E-state index contributed by atoms with van der Waals surface area (Å²) >= 11 is 0. The molecule has 0 aromatic rings. The highest BCUT2D eigenvalue weighted by molar-refractivity contribution is 6.04. The molecule has 0 aliphatic heterocycles. The standard InChI is InChI=1S/C28H38O10/c1-12-17-11-28(25(12)34)21(37-15(4)31)9-18-26(6,7)19(35-13(2)29)10-20(36-14(3)30)27(18,8)24(28)23(22(17)33)38-16(5)32/h17-24,33H,1,9-11H2,2-8H3/t17-,18-,19+,20+,21+,22-,23-,24+,27+,28+/m1/s1. The molecule has 2 bridgehead atoms. The van der Waals surface area contributed by atoms with E-state index in [4.69, 9.17) is 18.9 Å². The fourth-order valence-corrected chi connectivity index (χ4v) is 8.61. The van der Waals surface area contributed by atoms with E-state index in [1.165, 1.54) is 27.7 Å². The van der Waals surface area contributed by atoms with Gasteiger partial charge in [0.1, 0.15) is 24.4 Å². The van der Waals surface area contributed by atoms with E-state index in [9.17, 15) is 29.1 Å². The van der Waals surface area contributed by atoms with Gasteiger partial charge in [-0.05, 0) is 24.3 Å². The SMILES string of the molecule is C=C1C(=O)[C@]23C[C@H]1[C@@H](O)[C@@H](OC(C)=O)[C@H]2[C@]1(C)[C@@H](OC(C)=O)C[C@H](OC(C)=O)C(C)(C)[C@H]1C[C@@H]3OC(C)=O. The van der Waals surface area contributed by atoms with Crippen molar-refractivity contribution in [2.75, 3.05) is 0 Å². The van der Waals surface area contributed by atoms with Gasteiger partial charge in [-0.15, -0.1) is 0 Å². The second-order valence-corrected chi connectivity index (χ2v) is 12.3. The van der Waals surface area contributed by atoms with Crippen molar-refractivity contribution in [1.29, 1.82) is 0 Å². The normalized spacial score (nSPS) is 42.8. The third kappa shape index (κ3) is 3.89. The number of ketones is 1. The maximum absolute atomic E-state index is 14.1. The molecule has 0 saturated heterocycles. The van der Waals surface area contributed by atoms with Crippen LogP contribution < -0.4 is 0 Å². The highest BCUT2D eigenvalue weighted by Gasteiger charge is 2.78. The lowest BCUT2D eigenvalue weighted by Gasteiger charge is -2.68. The van der Waals surface area contributed by atoms with Gasteiger partial charge in [-0.25, -0.2) is 0 Å². The van der Waals surface area contributed by atoms with E-state index < -0.39 is 88.4 Å². The Kier molecular flexibility index (Phi) is 6.82. The number of hydrogen-bond acceptors (Lipinski definition) is 10. The Balaban J connectivity index is 2.01. The number of hydrogen-bond donors (Lipinski definition) is 1. The second-order valence-electron chi connectivity index (χ2n) is 12.3. The van der Waals surface area contributed by atoms with E-state index in [1.54, 1.807) is 0 Å². The van der Waals surface area contributed by atoms with Crippen LogP contribution in [0.2, 0.25) is 0 Å². The number of rotatable bonds is 4. The maximum Gasteiger partial charge on any atom is 0.303 e. The van der Waals surface area contributed by atoms with Gasteiger partial charge in [0.25, 0.3) is 0 Å². The summed E-state index contributed by atoms with van der Waals surface area (Å²) < 4.78 is 23.3. The molecule has 1 spiro atoms. The Labute approximate surface area is 222 Å². The minimum Gasteiger partial charge on any atom is -0.462 e. The molecule has 210 valence electrons. The van der Waals surface area contributed by atoms with Gasteiger partial charge >= 0.3 is 23.9 Å². The number of aliphatic hydroxyl groups is 1. The van der Waals surface area contributed by atoms with Crippen LogP contribution in [0.15, 0.2) is 12.2 Å². The van der Waals surface area contributed by atoms with Crippen LogP contribution in [0.4, 0.5) is 0 Å². The average Bonchev–Trinajstić information content (AvgIpc) is 2.99. The lowest BCUT2D eigenvalue weighted by Crippen LogP contribution is -2.74. The molecule has 4 aliphatic carbocycles. The third-order valence-corrected chi connectivity index (χ3v) is 9.87. The number of aliphatic hydroxyl groups excluding tert-OH is 1. The van der Waals surface area contributed by atoms with Crippen LogP contribution >= 0.6 is 0 Å². The monoisotopic (exact) mass is 534 g/mol. The lowest BCUT2D eigenvalue weighted by atomic mass is 9.38. The van der Waals surface area contributed by atoms with E-state index in [0.717, 1.165) is 0 Å². The van der Waals surface area contributed by atoms with Crippen molar-refractivity contribution in [2.45, 2.75) is 98.2 Å². The first-order valence-corrected chi connectivity index (χ1v) is 13.1. The maximum atomic E-state index is 14.1. The molecule has 4 rings (SSSR count). The van der Waals surface area contributed by atoms with Gasteiger partial charge in [-0.2, -0.15) is 0 Å². The summed E-state index contributed by atoms with van der Waals surface area (Å²) in [5, 5.41) is 11.5. The summed E-state index contributed by atoms with van der Waals surface area (Å²) in [6.45, 7) is 14.8. The van der Waals surface area contributed by atoms with Gasteiger partial charge in [0.15, 0.2) is 5.78 Å². The predicted molar refractivity (Wildman–Crippen MR) is 131 cm³/mol. The quantitative estimate of drug-likeness (QED) is 0.324. The Morgan fingerprint density at radius 2 is 1.32 bits per heavy atom. The molecule has 0 amide bonds. The first-order valence-electron chi connectivity index (χ1n) is 13.1. The smallest absolute Gasteiger partial charge is 0.303 e. The van der Waals surface area contributed by atoms with Crippen LogP contribution in [0.3, 0.4) is 0 Å². The van der Waals surface area contributed by atoms with Crippen LogP contribution in [0.5, 0.6) is 0 Å². The van der Waals surface area contributed by atoms with Gasteiger partial charge in [0, 0.05) is 56.8 Å². The Bertz CT molecular complexity index is 1090. The minimum absolute atomic E-state index is 0.144. The summed E-state index contributed by atoms with van der Waals surface area (Å²) in [6.07, 6.45) is -4.31. The Hall–Kier alpha value is -2.75. The summed E-state index contributed by atoms with van der Waals surface area (Å²) in [7, 11) is 0. The topological polar surface area (TPSA) is 143 Å². The predicted octanol–water partition coefficient (Wildman–Crippen LogP) is 2.29. The number of ether oxygens (including phenoxy) is 4. The number of carbonyl (C=O) groups excluding carboxylic acids is 5. The molecular formula is C28H38O10. The van der Waals surface area contributed by atoms with E-state index in [-0.39, 0.29) is 30.6 Å². The number of carbonyl (C=O) groups is 5. The minimum atomic E-state index is -1.35. The summed E-state index contributed by atoms with van der Waals surface area (Å²) in [5.74, 6) is -4.63. The van der Waals surface area contributed by atoms with Gasteiger partial charge in [0.05, 0.1) is 11.5 Å². The van der Waals surface area contributed by atoms with Crippen molar-refractivity contribution in [3.05, 3.63) is 12.2 Å². The number of fused-ring (bicyclic) bond motifs is 3. The summed E-state index contributed by atoms with van der Waals surface area (Å²) in [4.78, 5) is 63.2. The van der Waals surface area contributed by atoms with Crippen LogP contribution in [0.25, 0.3) is 0 Å². The highest BCUT2D eigenvalue weighted by atomic mass is 16.6. The molecule has 0 aromatic heterocycles. The van der Waals surface area contributed by atoms with E-state index in [0.29, 0.717) is 0 Å². The van der Waals surface area contributed by atoms with E-state index in [1.807, 2.05) is 20.8 Å². The van der Waals surface area contributed by atoms with Crippen molar-refractivity contribution < 1.29 is 48.0 Å². The molecule has 0 unspecified atom stereocenters. The molecule has 10 atom stereocenters. The van der Waals surface area contributed by atoms with Crippen LogP contribution in [-0.2, 0) is 42.9 Å². The van der Waals surface area contributed by atoms with Crippen molar-refractivity contribution in [3.63, 3.8) is 0 Å². The van der Waals surface area contributed by atoms with E-state index in [2.05, 4.69) is 6.58 Å². The lowest BCUT2D eigenvalue weighted by molar-refractivity contribution is -0.289. The van der Waals surface area contributed by atoms with Gasteiger partial charge in [-0.3, -0.25) is 24.0 Å². The van der Waals surface area contributed by atoms with Gasteiger partial charge in [0.2, 0.25) is 0 Å². The van der Waals surface area contributed by atoms with Gasteiger partial charge < -0.3 is 24.1 Å². The molecule has 4 saturated carbocycles. The second kappa shape index (κ2) is 9.17. The van der Waals surface area contributed by atoms with Crippen molar-refractivity contribution in [3.8, 4) is 0 Å². The van der Waals surface area contributed by atoms with Crippen LogP contribution in [0, 0.1) is 34.0 Å². The summed E-state index contributed by atoms with van der Waals surface area (Å²) in [6, 6.07) is 0. The number of esters is 4. The molecule has 10 nitrogen and oxygen atoms in total. The Morgan fingerprint density at radius 1 is 0.816 bits per heavy atom. The van der Waals surface area contributed by atoms with Crippen molar-refractivity contribution >= 4 is 29.7 Å². The highest BCUT2D eigenvalue weighted by Crippen LogP contribution is 2.72. The fourth-order valence-electron chi connectivity index (χ4n) is 8.61. The molecule has 38 heavy (non-hydrogen) atoms. The zero-order chi connectivity index (χ0) is 28.5. The fraction of sp³-hybridized carbons (Fsp3) is 0.750. The number of Topliss-reactive ketones (excluding diaryl/α,β-unsaturated/α-hetero) is 1. The zero-order valence-electron chi connectivity index (χ0n) is 23.1. The molecule has 4 aliphatic rings. The molecule has 0 radical (unpaired) electrons. The van der Waals surface area contributed by atoms with Crippen LogP contribution in [0.1, 0.15) is 67.7 Å². The van der Waals surface area contributed by atoms with E-state index >= 15 is 0 Å². The summed E-state index contributed by atoms with van der Waals surface area (Å²) in [5.41, 5.74) is -2.93. The third-order valence-electron chi connectivity index (χ3n) is 9.87. The van der Waals surface area contributed by atoms with Crippen molar-refractivity contribution in [2.24, 2.45) is 34.0 Å². The largest absolute Gasteiger partial charge is 0.462 e. The van der Waals surface area contributed by atoms with Gasteiger partial charge in [-0.1, -0.05) is 27.4 Å². The molecule has 0 heterocycles. The van der Waals surface area contributed by atoms with Crippen LogP contribution in [-0.4, -0.2) is 65.3 Å². The van der Waals surface area contributed by atoms with Crippen molar-refractivity contribution in [1.82, 2.24) is 0 Å². The molecule has 4 fully saturated rings. The molecule has 10 heteroatoms. The molecule has 1 N–H and O–H groups in total.